The summed E-state index contributed by atoms with van der Waals surface area (Å²) in [5, 5.41) is 0. The third-order valence-electron chi connectivity index (χ3n) is 5.15. The quantitative estimate of drug-likeness (QED) is 0.0673. The van der Waals surface area contributed by atoms with E-state index in [2.05, 4.69) is 34.3 Å². The van der Waals surface area contributed by atoms with Crippen molar-refractivity contribution in [3.63, 3.8) is 0 Å². The Morgan fingerprint density at radius 2 is 0.595 bits per heavy atom. The summed E-state index contributed by atoms with van der Waals surface area (Å²) in [5.74, 6) is 0. The van der Waals surface area contributed by atoms with Crippen molar-refractivity contribution in [1.82, 2.24) is 0 Å². The van der Waals surface area contributed by atoms with E-state index in [1.54, 1.807) is 0 Å². The maximum absolute atomic E-state index is 9.99. The molecular formula is C24H54FeO9P3. The molecule has 0 fully saturated rings. The third-order valence-corrected chi connectivity index (χ3v) is 6.47. The summed E-state index contributed by atoms with van der Waals surface area (Å²) < 4.78 is 43.3. The Labute approximate surface area is 239 Å². The number of rotatable bonds is 24. The monoisotopic (exact) mass is 635 g/mol. The molecule has 9 nitrogen and oxygen atoms in total. The van der Waals surface area contributed by atoms with Gasteiger partial charge < -0.3 is 41.9 Å². The summed E-state index contributed by atoms with van der Waals surface area (Å²) in [4.78, 5) is 30.0. The number of hydrogen-bond acceptors (Lipinski definition) is 9. The minimum Gasteiger partial charge on any atom is -0.781 e. The second-order valence-corrected chi connectivity index (χ2v) is 11.0. The molecule has 0 saturated carbocycles. The van der Waals surface area contributed by atoms with Crippen molar-refractivity contribution < 1.29 is 59.0 Å². The smallest absolute Gasteiger partial charge is 0.781 e. The van der Waals surface area contributed by atoms with E-state index in [-0.39, 0.29) is 17.1 Å². The van der Waals surface area contributed by atoms with Crippen molar-refractivity contribution in [2.75, 3.05) is 19.8 Å². The van der Waals surface area contributed by atoms with E-state index in [4.69, 9.17) is 0 Å². The minimum absolute atomic E-state index is 0. The van der Waals surface area contributed by atoms with Crippen molar-refractivity contribution in [1.29, 1.82) is 0 Å². The molecule has 0 saturated heterocycles. The fourth-order valence-corrected chi connectivity index (χ4v) is 4.05. The second kappa shape index (κ2) is 41.5. The largest absolute Gasteiger partial charge is 3.00 e. The van der Waals surface area contributed by atoms with Crippen LogP contribution in [0.1, 0.15) is 136 Å². The molecule has 0 rings (SSSR count). The molecule has 0 bridgehead atoms. The van der Waals surface area contributed by atoms with Crippen LogP contribution in [0.3, 0.4) is 0 Å². The molecule has 0 spiro atoms. The Kier molecular flexibility index (Phi) is 50.4. The maximum atomic E-state index is 9.99. The van der Waals surface area contributed by atoms with Gasteiger partial charge in [-0.15, -0.1) is 0 Å². The van der Waals surface area contributed by atoms with Gasteiger partial charge in [0.1, 0.15) is 24.8 Å². The van der Waals surface area contributed by atoms with Gasteiger partial charge in [-0.25, -0.2) is 0 Å². The molecular weight excluding hydrogens is 581 g/mol. The van der Waals surface area contributed by atoms with Gasteiger partial charge in [-0.05, 0) is 19.3 Å². The summed E-state index contributed by atoms with van der Waals surface area (Å²) >= 11 is 0. The number of unbranched alkanes of at least 4 members (excludes halogenated alkanes) is 15. The van der Waals surface area contributed by atoms with E-state index in [0.29, 0.717) is 19.8 Å². The van der Waals surface area contributed by atoms with Crippen LogP contribution in [0.2, 0.25) is 0 Å². The topological polar surface area (TPSA) is 148 Å². The van der Waals surface area contributed by atoms with Crippen molar-refractivity contribution in [3.8, 4) is 0 Å². The standard InChI is InChI=1S/3C8H19O3P.Fe/c3*1-2-3-4-5-6-7-8-11-12(9)10;/h3*12H,2-8H2,1H3,(H,9,10);/q;;;+3/p-3. The van der Waals surface area contributed by atoms with E-state index in [9.17, 15) is 28.4 Å². The van der Waals surface area contributed by atoms with Gasteiger partial charge in [0.05, 0.1) is 19.8 Å². The zero-order valence-electron chi connectivity index (χ0n) is 23.4. The van der Waals surface area contributed by atoms with Crippen LogP contribution in [0.15, 0.2) is 0 Å². The summed E-state index contributed by atoms with van der Waals surface area (Å²) in [6.07, 6.45) is 20.7. The van der Waals surface area contributed by atoms with Crippen LogP contribution in [0.4, 0.5) is 0 Å². The van der Waals surface area contributed by atoms with Crippen LogP contribution >= 0.6 is 24.8 Å². The average Bonchev–Trinajstić information content (AvgIpc) is 2.83. The van der Waals surface area contributed by atoms with E-state index in [1.807, 2.05) is 0 Å². The van der Waals surface area contributed by atoms with Gasteiger partial charge in [0.25, 0.3) is 0 Å². The molecule has 3 atom stereocenters. The molecule has 37 heavy (non-hydrogen) atoms. The third kappa shape index (κ3) is 57.8. The van der Waals surface area contributed by atoms with Crippen LogP contribution in [0.5, 0.6) is 0 Å². The van der Waals surface area contributed by atoms with Crippen molar-refractivity contribution in [3.05, 3.63) is 0 Å². The fraction of sp³-hybridized carbons (Fsp3) is 1.00. The first-order chi connectivity index (χ1) is 17.3. The molecule has 0 aromatic carbocycles. The molecule has 0 heterocycles. The molecule has 1 radical (unpaired) electrons. The van der Waals surface area contributed by atoms with Gasteiger partial charge in [-0.1, -0.05) is 117 Å². The second-order valence-electron chi connectivity index (χ2n) is 8.60. The fourth-order valence-electron chi connectivity index (χ4n) is 3.11. The van der Waals surface area contributed by atoms with Crippen molar-refractivity contribution in [2.45, 2.75) is 136 Å². The van der Waals surface area contributed by atoms with Gasteiger partial charge in [0.15, 0.2) is 0 Å². The van der Waals surface area contributed by atoms with Crippen molar-refractivity contribution >= 4 is 24.8 Å². The van der Waals surface area contributed by atoms with Gasteiger partial charge in [-0.3, -0.25) is 0 Å². The Bertz CT molecular complexity index is 424. The predicted molar refractivity (Wildman–Crippen MR) is 145 cm³/mol. The van der Waals surface area contributed by atoms with Crippen LogP contribution in [-0.4, -0.2) is 19.8 Å². The van der Waals surface area contributed by atoms with E-state index < -0.39 is 24.8 Å². The first-order valence-electron chi connectivity index (χ1n) is 13.8. The summed E-state index contributed by atoms with van der Waals surface area (Å²) in [7, 11) is -8.80. The van der Waals surface area contributed by atoms with Gasteiger partial charge in [0, 0.05) is 0 Å². The maximum Gasteiger partial charge on any atom is 3.00 e. The molecule has 0 aliphatic carbocycles. The molecule has 3 unspecified atom stereocenters. The zero-order valence-corrected chi connectivity index (χ0v) is 27.5. The predicted octanol–water partition coefficient (Wildman–Crippen LogP) is 6.34. The molecule has 0 amide bonds. The van der Waals surface area contributed by atoms with Crippen molar-refractivity contribution in [2.24, 2.45) is 0 Å². The van der Waals surface area contributed by atoms with Crippen LogP contribution in [0, 0.1) is 0 Å². The van der Waals surface area contributed by atoms with Crippen LogP contribution in [0.25, 0.3) is 0 Å². The Morgan fingerprint density at radius 3 is 0.784 bits per heavy atom. The van der Waals surface area contributed by atoms with Crippen LogP contribution in [-0.2, 0) is 44.3 Å². The van der Waals surface area contributed by atoms with Gasteiger partial charge >= 0.3 is 17.1 Å². The average molecular weight is 635 g/mol. The zero-order chi connectivity index (χ0) is 27.7. The molecule has 0 aromatic rings. The Balaban J connectivity index is -0.000000218. The van der Waals surface area contributed by atoms with E-state index in [1.165, 1.54) is 77.0 Å². The Morgan fingerprint density at radius 1 is 0.405 bits per heavy atom. The normalized spacial score (nSPS) is 12.8. The molecule has 0 N–H and O–H groups in total. The number of hydrogen-bond donors (Lipinski definition) is 0. The van der Waals surface area contributed by atoms with Gasteiger partial charge in [-0.2, -0.15) is 0 Å². The van der Waals surface area contributed by atoms with Crippen LogP contribution < -0.4 is 14.7 Å². The minimum atomic E-state index is -2.93. The van der Waals surface area contributed by atoms with Gasteiger partial charge in [0.2, 0.25) is 0 Å². The first kappa shape index (κ1) is 45.0. The molecule has 227 valence electrons. The van der Waals surface area contributed by atoms with E-state index >= 15 is 0 Å². The summed E-state index contributed by atoms with van der Waals surface area (Å²) in [5.41, 5.74) is 0. The molecule has 0 aromatic heterocycles. The molecule has 13 heteroatoms. The first-order valence-corrected chi connectivity index (χ1v) is 17.5. The SMILES string of the molecule is CCCCCCCCO[PH](=O)[O-].CCCCCCCCO[PH](=O)[O-].CCCCCCCCO[PH](=O)[O-].[Fe+3]. The Hall–Kier alpha value is 0.969. The molecule has 0 aliphatic heterocycles. The summed E-state index contributed by atoms with van der Waals surface area (Å²) in [6, 6.07) is 0. The molecule has 0 aliphatic rings. The van der Waals surface area contributed by atoms with E-state index in [0.717, 1.165) is 38.5 Å². The summed E-state index contributed by atoms with van der Waals surface area (Å²) in [6.45, 7) is 7.63.